The van der Waals surface area contributed by atoms with Crippen LogP contribution in [0.5, 0.6) is 5.75 Å². The maximum absolute atomic E-state index is 14.5. The number of anilines is 1. The average molecular weight is 636 g/mol. The molecular weight excluding hydrogens is 606 g/mol. The van der Waals surface area contributed by atoms with Crippen LogP contribution in [0.15, 0.2) is 72.3 Å². The number of phenols is 1. The highest BCUT2D eigenvalue weighted by Crippen LogP contribution is 2.66. The van der Waals surface area contributed by atoms with E-state index in [1.54, 1.807) is 51.1 Å². The summed E-state index contributed by atoms with van der Waals surface area (Å²) in [6, 6.07) is 15.2. The molecule has 0 bridgehead atoms. The number of benzene rings is 3. The minimum atomic E-state index is -2.05. The molecule has 2 aliphatic heterocycles. The number of rotatable bonds is 2. The van der Waals surface area contributed by atoms with Crippen molar-refractivity contribution >= 4 is 63.3 Å². The number of hydrogen-bond acceptors (Lipinski definition) is 5. The van der Waals surface area contributed by atoms with E-state index >= 15 is 0 Å². The Hall–Kier alpha value is -3.75. The summed E-state index contributed by atoms with van der Waals surface area (Å²) < 4.78 is 13.9. The first-order valence-electron chi connectivity index (χ1n) is 14.5. The molecule has 3 fully saturated rings. The van der Waals surface area contributed by atoms with Crippen molar-refractivity contribution in [3.8, 4) is 5.75 Å². The molecule has 3 aromatic carbocycles. The molecule has 1 N–H and O–H groups in total. The van der Waals surface area contributed by atoms with E-state index in [1.165, 1.54) is 23.1 Å². The zero-order valence-corrected chi connectivity index (χ0v) is 25.7. The highest BCUT2D eigenvalue weighted by atomic mass is 35.5. The Morgan fingerprint density at radius 3 is 2.18 bits per heavy atom. The normalized spacial score (nSPS) is 31.7. The van der Waals surface area contributed by atoms with Crippen LogP contribution in [-0.2, 0) is 19.2 Å². The maximum Gasteiger partial charge on any atom is 0.258 e. The van der Waals surface area contributed by atoms with E-state index in [0.29, 0.717) is 21.9 Å². The van der Waals surface area contributed by atoms with E-state index < -0.39 is 56.6 Å². The van der Waals surface area contributed by atoms with Gasteiger partial charge in [-0.1, -0.05) is 42.0 Å². The number of nitrogens with zero attached hydrogens (tertiary/aromatic N) is 2. The van der Waals surface area contributed by atoms with Gasteiger partial charge < -0.3 is 5.11 Å². The quantitative estimate of drug-likeness (QED) is 0.210. The van der Waals surface area contributed by atoms with Crippen LogP contribution >= 0.6 is 23.2 Å². The number of imide groups is 2. The number of carbonyl (C=O) groups excluding carboxylic acids is 4. The Balaban J connectivity index is 1.48. The number of likely N-dealkylation sites (tertiary alicyclic amines) is 1. The van der Waals surface area contributed by atoms with E-state index in [0.717, 1.165) is 17.0 Å². The summed E-state index contributed by atoms with van der Waals surface area (Å²) in [6.45, 7) is 5.40. The molecule has 2 saturated heterocycles. The fourth-order valence-electron chi connectivity index (χ4n) is 7.96. The third-order valence-electron chi connectivity index (χ3n) is 9.81. The number of hydrogen-bond donors (Lipinski definition) is 1. The number of halogens is 3. The molecule has 44 heavy (non-hydrogen) atoms. The Morgan fingerprint density at radius 1 is 0.864 bits per heavy atom. The van der Waals surface area contributed by atoms with Crippen molar-refractivity contribution in [3.63, 3.8) is 0 Å². The Morgan fingerprint density at radius 2 is 1.52 bits per heavy atom. The van der Waals surface area contributed by atoms with Gasteiger partial charge in [-0.25, -0.2) is 9.29 Å². The first-order valence-corrected chi connectivity index (χ1v) is 15.3. The van der Waals surface area contributed by atoms with Gasteiger partial charge in [0, 0.05) is 16.8 Å². The molecule has 10 heteroatoms. The predicted octanol–water partition coefficient (Wildman–Crippen LogP) is 6.05. The average Bonchev–Trinajstić information content (AvgIpc) is 3.32. The number of fused-ring (bicyclic) bond motifs is 5. The molecule has 1 saturated carbocycles. The summed E-state index contributed by atoms with van der Waals surface area (Å²) in [7, 11) is 0. The van der Waals surface area contributed by atoms with Gasteiger partial charge in [-0.05, 0) is 80.8 Å². The smallest absolute Gasteiger partial charge is 0.258 e. The van der Waals surface area contributed by atoms with E-state index in [4.69, 9.17) is 23.2 Å². The topological polar surface area (TPSA) is 95.0 Å². The second-order valence-electron chi connectivity index (χ2n) is 13.2. The standard InChI is InChI=1S/C34H29Cl2FN2O5/c1-32(2,3)39-28(41)23-13-12-22-24(26(23)29(39)42)16-33(35)30(43)38(18-10-8-17(37)9-11-18)31(44)34(33,36)27(22)21-14-15-25(40)20-7-5-4-6-19(20)21/h4-12,14-15,23-24,26-27,40H,13,16H2,1-3H3. The molecule has 7 nitrogen and oxygen atoms in total. The SMILES string of the molecule is CC(C)(C)N1C(=O)C2CC=C3C(CC4(Cl)C(=O)N(c5ccc(F)cc5)C(=O)C4(Cl)C3c3ccc(O)c4ccccc34)C2C1=O. The number of allylic oxidation sites excluding steroid dienone is 2. The molecule has 226 valence electrons. The fraction of sp³-hybridized carbons (Fsp3) is 0.353. The van der Waals surface area contributed by atoms with Crippen LogP contribution in [0.2, 0.25) is 0 Å². The van der Waals surface area contributed by atoms with Gasteiger partial charge in [0.2, 0.25) is 11.8 Å². The third kappa shape index (κ3) is 3.61. The molecule has 0 radical (unpaired) electrons. The molecule has 7 rings (SSSR count). The van der Waals surface area contributed by atoms with E-state index in [1.807, 2.05) is 6.08 Å². The van der Waals surface area contributed by atoms with Gasteiger partial charge in [0.05, 0.1) is 17.5 Å². The van der Waals surface area contributed by atoms with Gasteiger partial charge in [-0.2, -0.15) is 0 Å². The van der Waals surface area contributed by atoms with Crippen LogP contribution < -0.4 is 4.90 Å². The van der Waals surface area contributed by atoms with E-state index in [9.17, 15) is 28.7 Å². The molecule has 0 spiro atoms. The zero-order valence-electron chi connectivity index (χ0n) is 24.2. The number of aromatic hydroxyl groups is 1. The second-order valence-corrected chi connectivity index (χ2v) is 14.4. The van der Waals surface area contributed by atoms with Crippen LogP contribution in [0.4, 0.5) is 10.1 Å². The predicted molar refractivity (Wildman–Crippen MR) is 164 cm³/mol. The summed E-state index contributed by atoms with van der Waals surface area (Å²) >= 11 is 14.9. The minimum absolute atomic E-state index is 0.0225. The summed E-state index contributed by atoms with van der Waals surface area (Å²) in [4.78, 5) is 54.7. The lowest BCUT2D eigenvalue weighted by molar-refractivity contribution is -0.145. The zero-order chi connectivity index (χ0) is 31.5. The van der Waals surface area contributed by atoms with Crippen molar-refractivity contribution in [2.24, 2.45) is 17.8 Å². The van der Waals surface area contributed by atoms with Gasteiger partial charge in [0.25, 0.3) is 11.8 Å². The van der Waals surface area contributed by atoms with Crippen LogP contribution in [0.3, 0.4) is 0 Å². The van der Waals surface area contributed by atoms with Crippen LogP contribution in [0.1, 0.15) is 45.1 Å². The monoisotopic (exact) mass is 634 g/mol. The van der Waals surface area contributed by atoms with Gasteiger partial charge in [0.15, 0.2) is 9.75 Å². The van der Waals surface area contributed by atoms with E-state index in [-0.39, 0.29) is 36.1 Å². The van der Waals surface area contributed by atoms with Gasteiger partial charge in [0.1, 0.15) is 11.6 Å². The van der Waals surface area contributed by atoms with Crippen molar-refractivity contribution in [2.75, 3.05) is 4.90 Å². The first-order chi connectivity index (χ1) is 20.7. The molecule has 6 unspecified atom stereocenters. The molecule has 6 atom stereocenters. The third-order valence-corrected chi connectivity index (χ3v) is 11.2. The minimum Gasteiger partial charge on any atom is -0.507 e. The molecule has 0 aromatic heterocycles. The largest absolute Gasteiger partial charge is 0.507 e. The number of carbonyl (C=O) groups is 4. The van der Waals surface area contributed by atoms with Gasteiger partial charge >= 0.3 is 0 Å². The molecule has 4 amide bonds. The van der Waals surface area contributed by atoms with E-state index in [2.05, 4.69) is 0 Å². The van der Waals surface area contributed by atoms with Crippen molar-refractivity contribution in [1.29, 1.82) is 0 Å². The Labute approximate surface area is 263 Å². The van der Waals surface area contributed by atoms with Crippen LogP contribution in [-0.4, -0.2) is 48.9 Å². The van der Waals surface area contributed by atoms with Crippen LogP contribution in [0, 0.1) is 23.6 Å². The van der Waals surface area contributed by atoms with Crippen molar-refractivity contribution in [1.82, 2.24) is 4.90 Å². The summed E-state index contributed by atoms with van der Waals surface area (Å²) in [5.74, 6) is -5.80. The molecule has 2 aliphatic carbocycles. The highest BCUT2D eigenvalue weighted by molar-refractivity contribution is 6.58. The van der Waals surface area contributed by atoms with Crippen molar-refractivity contribution in [3.05, 3.63) is 83.7 Å². The molecule has 3 aromatic rings. The van der Waals surface area contributed by atoms with Gasteiger partial charge in [-0.15, -0.1) is 23.2 Å². The lowest BCUT2D eigenvalue weighted by atomic mass is 9.56. The Bertz CT molecular complexity index is 1840. The lowest BCUT2D eigenvalue weighted by Gasteiger charge is -2.51. The van der Waals surface area contributed by atoms with Crippen molar-refractivity contribution in [2.45, 2.75) is 54.8 Å². The highest BCUT2D eigenvalue weighted by Gasteiger charge is 2.76. The molecule has 4 aliphatic rings. The maximum atomic E-state index is 14.5. The molecule has 2 heterocycles. The van der Waals surface area contributed by atoms with Crippen LogP contribution in [0.25, 0.3) is 10.8 Å². The fourth-order valence-corrected chi connectivity index (χ4v) is 8.89. The summed E-state index contributed by atoms with van der Waals surface area (Å²) in [5.41, 5.74) is 0.568. The van der Waals surface area contributed by atoms with Gasteiger partial charge in [-0.3, -0.25) is 24.1 Å². The molecular formula is C34H29Cl2FN2O5. The number of phenolic OH excluding ortho intramolecular Hbond substituents is 1. The first kappa shape index (κ1) is 29.0. The lowest BCUT2D eigenvalue weighted by Crippen LogP contribution is -2.60. The summed E-state index contributed by atoms with van der Waals surface area (Å²) in [5, 5.41) is 11.8. The number of amides is 4. The Kier molecular flexibility index (Phi) is 6.18. The second kappa shape index (κ2) is 9.38. The number of alkyl halides is 2. The van der Waals surface area contributed by atoms with Crippen molar-refractivity contribution < 1.29 is 28.7 Å². The summed E-state index contributed by atoms with van der Waals surface area (Å²) in [6.07, 6.45) is 1.98.